The van der Waals surface area contributed by atoms with Crippen molar-refractivity contribution < 1.29 is 4.92 Å². The van der Waals surface area contributed by atoms with E-state index in [1.807, 2.05) is 0 Å². The van der Waals surface area contributed by atoms with Gasteiger partial charge in [-0.05, 0) is 0 Å². The number of aromatic amines is 1. The Labute approximate surface area is 117 Å². The normalized spacial score (nSPS) is 11.1. The van der Waals surface area contributed by atoms with Crippen LogP contribution in [0.4, 0.5) is 11.8 Å². The van der Waals surface area contributed by atoms with E-state index in [2.05, 4.69) is 24.9 Å². The second kappa shape index (κ2) is 4.54. The van der Waals surface area contributed by atoms with Crippen LogP contribution in [0.25, 0.3) is 11.2 Å². The molecule has 3 aromatic rings. The van der Waals surface area contributed by atoms with Gasteiger partial charge < -0.3 is 0 Å². The Hall–Kier alpha value is -2.52. The number of aryl methyl sites for hydroxylation is 1. The topological polar surface area (TPSA) is 141 Å². The first-order chi connectivity index (χ1) is 9.56. The van der Waals surface area contributed by atoms with E-state index in [1.54, 1.807) is 11.6 Å². The summed E-state index contributed by atoms with van der Waals surface area (Å²) in [6, 6.07) is 0. The number of imidazole rings is 2. The Morgan fingerprint density at radius 3 is 3.00 bits per heavy atom. The molecule has 0 saturated carbocycles. The Kier molecular flexibility index (Phi) is 2.84. The van der Waals surface area contributed by atoms with Crippen LogP contribution >= 0.6 is 0 Å². The fourth-order valence-corrected chi connectivity index (χ4v) is 3.70. The summed E-state index contributed by atoms with van der Waals surface area (Å²) in [5.74, 6) is -0.0800. The van der Waals surface area contributed by atoms with Crippen LogP contribution in [0.3, 0.4) is 0 Å². The average molecular weight is 339 g/mol. The molecule has 3 heterocycles. The predicted molar refractivity (Wildman–Crippen MR) is 71.0 cm³/mol. The summed E-state index contributed by atoms with van der Waals surface area (Å²) in [6.45, 7) is 0. The zero-order chi connectivity index (χ0) is 14.3. The van der Waals surface area contributed by atoms with Crippen molar-refractivity contribution in [2.75, 3.05) is 5.73 Å². The van der Waals surface area contributed by atoms with Gasteiger partial charge in [0.25, 0.3) is 0 Å². The van der Waals surface area contributed by atoms with Crippen molar-refractivity contribution >= 4 is 47.1 Å². The number of nitrogens with two attached hydrogens (primary N) is 1. The molecule has 10 nitrogen and oxygen atoms in total. The molecular formula is C9H8N8O2Se. The minimum absolute atomic E-state index is 0.0892. The van der Waals surface area contributed by atoms with Crippen molar-refractivity contribution in [3.8, 4) is 0 Å². The number of hydrogen-bond donors (Lipinski definition) is 2. The van der Waals surface area contributed by atoms with Crippen LogP contribution in [0.15, 0.2) is 12.7 Å². The number of nitrogens with zero attached hydrogens (tertiary/aromatic N) is 6. The molecule has 0 spiro atoms. The Bertz CT molecular complexity index is 809. The Balaban J connectivity index is 2.12. The number of nitrogen functional groups attached to an aromatic ring is 1. The van der Waals surface area contributed by atoms with E-state index in [-0.39, 0.29) is 11.8 Å². The molecule has 11 heteroatoms. The van der Waals surface area contributed by atoms with Gasteiger partial charge in [-0.2, -0.15) is 0 Å². The van der Waals surface area contributed by atoms with Gasteiger partial charge in [0.1, 0.15) is 0 Å². The summed E-state index contributed by atoms with van der Waals surface area (Å²) >= 11 is -0.449. The molecule has 0 unspecified atom stereocenters. The van der Waals surface area contributed by atoms with Crippen LogP contribution in [-0.4, -0.2) is 49.4 Å². The minimum atomic E-state index is -0.508. The van der Waals surface area contributed by atoms with E-state index in [0.29, 0.717) is 20.3 Å². The predicted octanol–water partition coefficient (Wildman–Crippen LogP) is -1.77. The molecule has 0 aromatic carbocycles. The van der Waals surface area contributed by atoms with Gasteiger partial charge in [-0.25, -0.2) is 0 Å². The third kappa shape index (κ3) is 1.98. The van der Waals surface area contributed by atoms with E-state index in [0.717, 1.165) is 0 Å². The molecule has 102 valence electrons. The van der Waals surface area contributed by atoms with Gasteiger partial charge in [0.05, 0.1) is 0 Å². The molecule has 20 heavy (non-hydrogen) atoms. The number of hydrogen-bond acceptors (Lipinski definition) is 7. The fraction of sp³-hybridized carbons (Fsp3) is 0.111. The number of H-pyrrole nitrogens is 1. The SMILES string of the molecule is Cn1cnc([N+](=O)[O-])c1[Se]c1nc(N)nc2nc[nH]c12. The van der Waals surface area contributed by atoms with Gasteiger partial charge >= 0.3 is 117 Å². The molecule has 0 radical (unpaired) electrons. The molecule has 0 aliphatic heterocycles. The Morgan fingerprint density at radius 1 is 1.45 bits per heavy atom. The first-order valence-electron chi connectivity index (χ1n) is 5.36. The molecule has 3 aromatic heterocycles. The third-order valence-electron chi connectivity index (χ3n) is 2.50. The number of fused-ring (bicyclic) bond motifs is 1. The van der Waals surface area contributed by atoms with Gasteiger partial charge in [0.15, 0.2) is 0 Å². The van der Waals surface area contributed by atoms with E-state index in [4.69, 9.17) is 5.73 Å². The molecule has 0 aliphatic rings. The van der Waals surface area contributed by atoms with Crippen LogP contribution in [0.1, 0.15) is 0 Å². The number of anilines is 1. The maximum absolute atomic E-state index is 11.0. The van der Waals surface area contributed by atoms with Crippen molar-refractivity contribution in [2.24, 2.45) is 7.05 Å². The summed E-state index contributed by atoms with van der Waals surface area (Å²) < 4.78 is 2.71. The second-order valence-corrected chi connectivity index (χ2v) is 5.88. The summed E-state index contributed by atoms with van der Waals surface area (Å²) in [5, 5.41) is 11.0. The molecular weight excluding hydrogens is 331 g/mol. The molecule has 3 N–H and O–H groups in total. The zero-order valence-electron chi connectivity index (χ0n) is 10.1. The van der Waals surface area contributed by atoms with E-state index < -0.39 is 19.9 Å². The number of nitrogens with one attached hydrogen (secondary N) is 1. The van der Waals surface area contributed by atoms with Crippen molar-refractivity contribution in [1.29, 1.82) is 0 Å². The molecule has 0 atom stereocenters. The maximum atomic E-state index is 11.0. The first-order valence-corrected chi connectivity index (χ1v) is 7.07. The summed E-state index contributed by atoms with van der Waals surface area (Å²) in [4.78, 5) is 29.3. The van der Waals surface area contributed by atoms with Crippen LogP contribution in [0.2, 0.25) is 0 Å². The van der Waals surface area contributed by atoms with Gasteiger partial charge in [0, 0.05) is 0 Å². The standard InChI is InChI=1S/C9H8N8O2Se/c1-16-3-13-6(17(18)19)8(16)20-7-4-5(12-2-11-4)14-9(10)15-7/h2-3H,1H3,(H3,10,11,12,14,15). The molecule has 0 saturated heterocycles. The zero-order valence-corrected chi connectivity index (χ0v) is 11.9. The third-order valence-corrected chi connectivity index (χ3v) is 4.92. The van der Waals surface area contributed by atoms with E-state index in [9.17, 15) is 10.1 Å². The van der Waals surface area contributed by atoms with Crippen LogP contribution in [0.5, 0.6) is 0 Å². The number of rotatable bonds is 3. The number of nitro groups is 1. The summed E-state index contributed by atoms with van der Waals surface area (Å²) in [6.07, 6.45) is 2.89. The molecule has 0 fully saturated rings. The molecule has 0 amide bonds. The quantitative estimate of drug-likeness (QED) is 0.327. The van der Waals surface area contributed by atoms with E-state index >= 15 is 0 Å². The van der Waals surface area contributed by atoms with Crippen LogP contribution < -0.4 is 14.9 Å². The summed E-state index contributed by atoms with van der Waals surface area (Å²) in [7, 11) is 1.70. The first kappa shape index (κ1) is 12.5. The molecule has 3 rings (SSSR count). The van der Waals surface area contributed by atoms with Crippen LogP contribution in [-0.2, 0) is 7.05 Å². The van der Waals surface area contributed by atoms with Crippen molar-refractivity contribution in [2.45, 2.75) is 0 Å². The van der Waals surface area contributed by atoms with Crippen molar-refractivity contribution in [3.05, 3.63) is 22.8 Å². The monoisotopic (exact) mass is 340 g/mol. The average Bonchev–Trinajstić information content (AvgIpc) is 2.97. The number of aromatic nitrogens is 6. The molecule has 0 aliphatic carbocycles. The molecule has 0 bridgehead atoms. The summed E-state index contributed by atoms with van der Waals surface area (Å²) in [5.41, 5.74) is 6.70. The van der Waals surface area contributed by atoms with Crippen molar-refractivity contribution in [3.63, 3.8) is 0 Å². The van der Waals surface area contributed by atoms with Gasteiger partial charge in [-0.15, -0.1) is 0 Å². The Morgan fingerprint density at radius 2 is 2.25 bits per heavy atom. The second-order valence-electron chi connectivity index (χ2n) is 3.83. The van der Waals surface area contributed by atoms with Crippen molar-refractivity contribution in [1.82, 2.24) is 29.5 Å². The fourth-order valence-electron chi connectivity index (χ4n) is 1.64. The van der Waals surface area contributed by atoms with Gasteiger partial charge in [0.2, 0.25) is 0 Å². The van der Waals surface area contributed by atoms with Crippen LogP contribution in [0, 0.1) is 10.1 Å². The van der Waals surface area contributed by atoms with E-state index in [1.165, 1.54) is 12.7 Å². The van der Waals surface area contributed by atoms with Gasteiger partial charge in [-0.1, -0.05) is 0 Å². The van der Waals surface area contributed by atoms with Gasteiger partial charge in [-0.3, -0.25) is 0 Å².